The molecule has 0 heterocycles. The third-order valence-electron chi connectivity index (χ3n) is 10.7. The highest BCUT2D eigenvalue weighted by Gasteiger charge is 2.52. The maximum Gasteiger partial charge on any atom is 0.0726 e. The van der Waals surface area contributed by atoms with Gasteiger partial charge in [-0.3, -0.25) is 0 Å². The summed E-state index contributed by atoms with van der Waals surface area (Å²) < 4.78 is 0. The lowest BCUT2D eigenvalue weighted by Crippen LogP contribution is -2.26. The lowest BCUT2D eigenvalue weighted by atomic mass is 9.70. The summed E-state index contributed by atoms with van der Waals surface area (Å²) >= 11 is 0. The molecule has 2 aliphatic rings. The lowest BCUT2D eigenvalue weighted by molar-refractivity contribution is 0.794. The van der Waals surface area contributed by atoms with Gasteiger partial charge in [-0.25, -0.2) is 0 Å². The Morgan fingerprint density at radius 3 is 1.16 bits per heavy atom. The van der Waals surface area contributed by atoms with Gasteiger partial charge in [0, 0.05) is 16.9 Å². The van der Waals surface area contributed by atoms with E-state index >= 15 is 0 Å². The third kappa shape index (κ3) is 4.14. The maximum absolute atomic E-state index is 2.45. The molecule has 8 aromatic rings. The van der Waals surface area contributed by atoms with E-state index in [4.69, 9.17) is 0 Å². The molecule has 8 aromatic carbocycles. The smallest absolute Gasteiger partial charge is 0.0726 e. The van der Waals surface area contributed by atoms with E-state index in [1.807, 2.05) is 0 Å². The normalized spacial score (nSPS) is 13.0. The van der Waals surface area contributed by atoms with Crippen LogP contribution < -0.4 is 4.90 Å². The second-order valence-electron chi connectivity index (χ2n) is 13.2. The summed E-state index contributed by atoms with van der Waals surface area (Å²) in [4.78, 5) is 2.45. The summed E-state index contributed by atoms with van der Waals surface area (Å²) in [6.07, 6.45) is 0. The highest BCUT2D eigenvalue weighted by Crippen LogP contribution is 2.64. The first-order valence-corrected chi connectivity index (χ1v) is 17.4. The van der Waals surface area contributed by atoms with E-state index in [-0.39, 0.29) is 0 Å². The largest absolute Gasteiger partial charge is 0.310 e. The van der Waals surface area contributed by atoms with Gasteiger partial charge >= 0.3 is 0 Å². The van der Waals surface area contributed by atoms with Crippen molar-refractivity contribution in [3.63, 3.8) is 0 Å². The predicted octanol–water partition coefficient (Wildman–Crippen LogP) is 12.8. The minimum absolute atomic E-state index is 0.394. The number of rotatable bonds is 5. The van der Waals surface area contributed by atoms with Crippen LogP contribution in [0, 0.1) is 0 Å². The molecular formula is C49H33N. The first kappa shape index (κ1) is 28.6. The molecule has 2 aliphatic carbocycles. The summed E-state index contributed by atoms with van der Waals surface area (Å²) in [6, 6.07) is 73.3. The van der Waals surface area contributed by atoms with Gasteiger partial charge in [0.25, 0.3) is 0 Å². The van der Waals surface area contributed by atoms with E-state index in [0.29, 0.717) is 0 Å². The van der Waals surface area contributed by atoms with Crippen molar-refractivity contribution in [3.05, 3.63) is 222 Å². The van der Waals surface area contributed by atoms with Crippen LogP contribution in [0.3, 0.4) is 0 Å². The molecule has 1 heteroatoms. The van der Waals surface area contributed by atoms with E-state index in [1.54, 1.807) is 0 Å². The minimum atomic E-state index is -0.394. The average molecular weight is 636 g/mol. The number of benzene rings is 8. The van der Waals surface area contributed by atoms with Gasteiger partial charge in [-0.2, -0.15) is 0 Å². The zero-order valence-electron chi connectivity index (χ0n) is 27.5. The zero-order chi connectivity index (χ0) is 33.1. The maximum atomic E-state index is 2.45. The van der Waals surface area contributed by atoms with Crippen molar-refractivity contribution in [1.82, 2.24) is 0 Å². The van der Waals surface area contributed by atoms with Crippen LogP contribution in [0.25, 0.3) is 44.5 Å². The fourth-order valence-electron chi connectivity index (χ4n) is 8.60. The third-order valence-corrected chi connectivity index (χ3v) is 10.7. The summed E-state index contributed by atoms with van der Waals surface area (Å²) in [5, 5.41) is 0. The highest BCUT2D eigenvalue weighted by molar-refractivity contribution is 6.01. The standard InChI is InChI=1S/C49H33N/c1-3-14-34(15-4-1)36-26-30-38(31-27-36)50(39-32-28-37(29-33-39)35-16-5-2-6-17-35)47-25-13-24-46-48(47)42-20-9-12-23-45(42)49(46)43-21-10-7-18-40(43)41-19-8-11-22-44(41)49/h1-33H. The second kappa shape index (κ2) is 11.3. The molecule has 0 radical (unpaired) electrons. The fraction of sp³-hybridized carbons (Fsp3) is 0.0204. The molecule has 0 saturated heterocycles. The first-order valence-electron chi connectivity index (χ1n) is 17.4. The van der Waals surface area contributed by atoms with Crippen LogP contribution >= 0.6 is 0 Å². The van der Waals surface area contributed by atoms with E-state index in [0.717, 1.165) is 11.4 Å². The molecule has 1 nitrogen and oxygen atoms in total. The predicted molar refractivity (Wildman–Crippen MR) is 208 cm³/mol. The van der Waals surface area contributed by atoms with Crippen LogP contribution in [0.1, 0.15) is 22.3 Å². The van der Waals surface area contributed by atoms with E-state index < -0.39 is 5.41 Å². The van der Waals surface area contributed by atoms with Gasteiger partial charge in [-0.15, -0.1) is 0 Å². The van der Waals surface area contributed by atoms with Gasteiger partial charge in [0.1, 0.15) is 0 Å². The molecule has 0 unspecified atom stereocenters. The van der Waals surface area contributed by atoms with Crippen molar-refractivity contribution in [2.75, 3.05) is 4.90 Å². The molecule has 50 heavy (non-hydrogen) atoms. The van der Waals surface area contributed by atoms with E-state index in [1.165, 1.54) is 72.4 Å². The van der Waals surface area contributed by atoms with Gasteiger partial charge in [0.2, 0.25) is 0 Å². The Kier molecular flexibility index (Phi) is 6.47. The Morgan fingerprint density at radius 2 is 0.660 bits per heavy atom. The summed E-state index contributed by atoms with van der Waals surface area (Å²) in [5.41, 5.74) is 18.5. The van der Waals surface area contributed by atoms with Gasteiger partial charge in [0.05, 0.1) is 11.1 Å². The summed E-state index contributed by atoms with van der Waals surface area (Å²) in [6.45, 7) is 0. The van der Waals surface area contributed by atoms with Crippen molar-refractivity contribution in [1.29, 1.82) is 0 Å². The number of fused-ring (bicyclic) bond motifs is 10. The van der Waals surface area contributed by atoms with Crippen LogP contribution in [0.5, 0.6) is 0 Å². The number of hydrogen-bond donors (Lipinski definition) is 0. The van der Waals surface area contributed by atoms with Crippen molar-refractivity contribution in [2.45, 2.75) is 5.41 Å². The van der Waals surface area contributed by atoms with E-state index in [2.05, 4.69) is 205 Å². The molecule has 0 N–H and O–H groups in total. The van der Waals surface area contributed by atoms with Crippen molar-refractivity contribution in [2.24, 2.45) is 0 Å². The molecule has 0 aromatic heterocycles. The molecule has 0 saturated carbocycles. The average Bonchev–Trinajstić information content (AvgIpc) is 3.67. The lowest BCUT2D eigenvalue weighted by Gasteiger charge is -2.32. The molecule has 0 amide bonds. The molecule has 1 spiro atoms. The highest BCUT2D eigenvalue weighted by atomic mass is 15.1. The quantitative estimate of drug-likeness (QED) is 0.182. The van der Waals surface area contributed by atoms with Crippen molar-refractivity contribution >= 4 is 17.1 Å². The number of hydrogen-bond acceptors (Lipinski definition) is 1. The van der Waals surface area contributed by atoms with Gasteiger partial charge < -0.3 is 4.90 Å². The molecule has 10 rings (SSSR count). The van der Waals surface area contributed by atoms with Gasteiger partial charge in [0.15, 0.2) is 0 Å². The minimum Gasteiger partial charge on any atom is -0.310 e. The molecule has 0 aliphatic heterocycles. The molecule has 0 bridgehead atoms. The fourth-order valence-corrected chi connectivity index (χ4v) is 8.60. The Labute approximate surface area is 293 Å². The van der Waals surface area contributed by atoms with Crippen molar-refractivity contribution < 1.29 is 0 Å². The topological polar surface area (TPSA) is 3.24 Å². The van der Waals surface area contributed by atoms with Crippen molar-refractivity contribution in [3.8, 4) is 44.5 Å². The number of anilines is 3. The van der Waals surface area contributed by atoms with Crippen LogP contribution in [0.2, 0.25) is 0 Å². The van der Waals surface area contributed by atoms with Crippen LogP contribution in [0.15, 0.2) is 200 Å². The zero-order valence-corrected chi connectivity index (χ0v) is 27.5. The second-order valence-corrected chi connectivity index (χ2v) is 13.2. The molecular weight excluding hydrogens is 603 g/mol. The van der Waals surface area contributed by atoms with Crippen LogP contribution in [-0.4, -0.2) is 0 Å². The summed E-state index contributed by atoms with van der Waals surface area (Å²) in [7, 11) is 0. The van der Waals surface area contributed by atoms with Crippen LogP contribution in [-0.2, 0) is 5.41 Å². The molecule has 0 atom stereocenters. The monoisotopic (exact) mass is 635 g/mol. The Balaban J connectivity index is 1.22. The summed E-state index contributed by atoms with van der Waals surface area (Å²) in [5.74, 6) is 0. The van der Waals surface area contributed by atoms with Crippen LogP contribution in [0.4, 0.5) is 17.1 Å². The number of nitrogens with zero attached hydrogens (tertiary/aromatic N) is 1. The Hall–Kier alpha value is -6.44. The Morgan fingerprint density at radius 1 is 0.280 bits per heavy atom. The van der Waals surface area contributed by atoms with Gasteiger partial charge in [-0.1, -0.05) is 170 Å². The van der Waals surface area contributed by atoms with Gasteiger partial charge in [-0.05, 0) is 91.5 Å². The van der Waals surface area contributed by atoms with E-state index in [9.17, 15) is 0 Å². The molecule has 234 valence electrons. The first-order chi connectivity index (χ1) is 24.8. The SMILES string of the molecule is c1ccc(-c2ccc(N(c3ccc(-c4ccccc4)cc3)c3cccc4c3-c3ccccc3C43c4ccccc4-c4ccccc43)cc2)cc1. The Bertz CT molecular complexity index is 2380. The molecule has 0 fully saturated rings.